The molecule has 1 N–H and O–H groups in total. The fraction of sp³-hybridized carbons (Fsp3) is 0.357. The van der Waals surface area contributed by atoms with Crippen LogP contribution in [-0.2, 0) is 26.1 Å². The molecule has 2 aliphatic heterocycles. The van der Waals surface area contributed by atoms with Gasteiger partial charge in [0.2, 0.25) is 0 Å². The third kappa shape index (κ3) is 4.51. The minimum Gasteiger partial charge on any atom is -0.351 e. The molecule has 0 aliphatic carbocycles. The SMILES string of the molecule is CCn1nc(C(=O)N2CCN(Cc3ccncc3)CC2)c2c1CCN(C(=O)c1cc3ccccc3[nH]1)C2. The first-order chi connectivity index (χ1) is 18.1. The molecule has 0 bridgehead atoms. The van der Waals surface area contributed by atoms with Gasteiger partial charge in [0, 0.05) is 86.8 Å². The number of aryl methyl sites for hydroxylation is 1. The molecule has 1 fully saturated rings. The Morgan fingerprint density at radius 3 is 2.49 bits per heavy atom. The van der Waals surface area contributed by atoms with Crippen LogP contribution >= 0.6 is 0 Å². The van der Waals surface area contributed by atoms with Crippen molar-refractivity contribution in [2.45, 2.75) is 33.0 Å². The van der Waals surface area contributed by atoms with Gasteiger partial charge in [-0.1, -0.05) is 18.2 Å². The summed E-state index contributed by atoms with van der Waals surface area (Å²) in [5.74, 6) is -0.0823. The number of nitrogens with one attached hydrogen (secondary N) is 1. The minimum atomic E-state index is -0.0470. The second-order valence-electron chi connectivity index (χ2n) is 9.76. The summed E-state index contributed by atoms with van der Waals surface area (Å²) in [6.45, 7) is 7.55. The van der Waals surface area contributed by atoms with Crippen LogP contribution in [0.25, 0.3) is 10.9 Å². The van der Waals surface area contributed by atoms with Crippen molar-refractivity contribution in [2.24, 2.45) is 0 Å². The van der Waals surface area contributed by atoms with Crippen molar-refractivity contribution in [1.29, 1.82) is 0 Å². The van der Waals surface area contributed by atoms with Crippen LogP contribution in [0.1, 0.15) is 44.7 Å². The zero-order valence-corrected chi connectivity index (χ0v) is 21.1. The molecule has 0 radical (unpaired) electrons. The van der Waals surface area contributed by atoms with E-state index in [0.29, 0.717) is 50.5 Å². The summed E-state index contributed by atoms with van der Waals surface area (Å²) >= 11 is 0. The number of carbonyl (C=O) groups is 2. The van der Waals surface area contributed by atoms with Crippen LogP contribution in [0.15, 0.2) is 54.9 Å². The van der Waals surface area contributed by atoms with Gasteiger partial charge in [0.25, 0.3) is 11.8 Å². The van der Waals surface area contributed by atoms with Crippen molar-refractivity contribution in [3.8, 4) is 0 Å². The predicted octanol–water partition coefficient (Wildman–Crippen LogP) is 2.94. The molecule has 1 aromatic carbocycles. The number of pyridine rings is 1. The topological polar surface area (TPSA) is 90.4 Å². The normalized spacial score (nSPS) is 16.2. The first-order valence-electron chi connectivity index (χ1n) is 13.0. The standard InChI is InChI=1S/C28H31N7O2/c1-2-35-25-9-12-34(27(36)24-17-21-5-3-4-6-23(21)30-24)19-22(25)26(31-35)28(37)33-15-13-32(14-16-33)18-20-7-10-29-11-8-20/h3-8,10-11,17,30H,2,9,12-16,18-19H2,1H3. The molecule has 0 spiro atoms. The smallest absolute Gasteiger partial charge is 0.274 e. The first kappa shape index (κ1) is 23.4. The van der Waals surface area contributed by atoms with Gasteiger partial charge in [0.05, 0.1) is 6.54 Å². The van der Waals surface area contributed by atoms with Crippen molar-refractivity contribution < 1.29 is 9.59 Å². The van der Waals surface area contributed by atoms with Crippen molar-refractivity contribution >= 4 is 22.7 Å². The number of para-hydroxylation sites is 1. The molecule has 5 heterocycles. The van der Waals surface area contributed by atoms with Gasteiger partial charge in [-0.25, -0.2) is 0 Å². The summed E-state index contributed by atoms with van der Waals surface area (Å²) in [6.07, 6.45) is 4.32. The van der Waals surface area contributed by atoms with Crippen LogP contribution in [0.2, 0.25) is 0 Å². The van der Waals surface area contributed by atoms with Gasteiger partial charge in [0.1, 0.15) is 5.69 Å². The maximum Gasteiger partial charge on any atom is 0.274 e. The highest BCUT2D eigenvalue weighted by atomic mass is 16.2. The van der Waals surface area contributed by atoms with E-state index in [2.05, 4.69) is 14.9 Å². The maximum absolute atomic E-state index is 13.6. The van der Waals surface area contributed by atoms with Crippen LogP contribution in [0.5, 0.6) is 0 Å². The Bertz CT molecular complexity index is 1400. The molecule has 9 nitrogen and oxygen atoms in total. The zero-order valence-electron chi connectivity index (χ0n) is 21.1. The number of piperazine rings is 1. The number of rotatable bonds is 5. The van der Waals surface area contributed by atoms with Crippen molar-refractivity contribution in [3.05, 3.63) is 83.1 Å². The van der Waals surface area contributed by atoms with Gasteiger partial charge in [-0.15, -0.1) is 0 Å². The molecule has 0 saturated carbocycles. The molecule has 3 aromatic heterocycles. The Hall–Kier alpha value is -3.98. The van der Waals surface area contributed by atoms with Crippen LogP contribution < -0.4 is 0 Å². The number of carbonyl (C=O) groups excluding carboxylic acids is 2. The van der Waals surface area contributed by atoms with Crippen molar-refractivity contribution in [2.75, 3.05) is 32.7 Å². The van der Waals surface area contributed by atoms with Crippen LogP contribution in [0.4, 0.5) is 0 Å². The lowest BCUT2D eigenvalue weighted by Gasteiger charge is -2.34. The van der Waals surface area contributed by atoms with Crippen molar-refractivity contribution in [1.82, 2.24) is 34.4 Å². The van der Waals surface area contributed by atoms with E-state index in [4.69, 9.17) is 5.10 Å². The summed E-state index contributed by atoms with van der Waals surface area (Å²) in [7, 11) is 0. The molecule has 0 unspecified atom stereocenters. The summed E-state index contributed by atoms with van der Waals surface area (Å²) in [5, 5.41) is 5.75. The fourth-order valence-electron chi connectivity index (χ4n) is 5.46. The first-order valence-corrected chi connectivity index (χ1v) is 13.0. The average molecular weight is 498 g/mol. The summed E-state index contributed by atoms with van der Waals surface area (Å²) in [4.78, 5) is 40.5. The predicted molar refractivity (Wildman–Crippen MR) is 140 cm³/mol. The third-order valence-electron chi connectivity index (χ3n) is 7.50. The number of fused-ring (bicyclic) bond motifs is 2. The zero-order chi connectivity index (χ0) is 25.4. The summed E-state index contributed by atoms with van der Waals surface area (Å²) in [6, 6.07) is 13.9. The van der Waals surface area contributed by atoms with E-state index in [9.17, 15) is 9.59 Å². The summed E-state index contributed by atoms with van der Waals surface area (Å²) in [5.41, 5.74) is 5.20. The highest BCUT2D eigenvalue weighted by Gasteiger charge is 2.33. The van der Waals surface area contributed by atoms with Gasteiger partial charge in [-0.2, -0.15) is 5.10 Å². The van der Waals surface area contributed by atoms with Crippen molar-refractivity contribution in [3.63, 3.8) is 0 Å². The summed E-state index contributed by atoms with van der Waals surface area (Å²) < 4.78 is 1.94. The Balaban J connectivity index is 1.18. The monoisotopic (exact) mass is 497 g/mol. The minimum absolute atomic E-state index is 0.0353. The molecule has 2 amide bonds. The van der Waals surface area contributed by atoms with E-state index < -0.39 is 0 Å². The second-order valence-corrected chi connectivity index (χ2v) is 9.76. The number of nitrogens with zero attached hydrogens (tertiary/aromatic N) is 6. The lowest BCUT2D eigenvalue weighted by Crippen LogP contribution is -2.48. The fourth-order valence-corrected chi connectivity index (χ4v) is 5.46. The molecular weight excluding hydrogens is 466 g/mol. The molecule has 37 heavy (non-hydrogen) atoms. The Kier molecular flexibility index (Phi) is 6.21. The lowest BCUT2D eigenvalue weighted by atomic mass is 10.0. The van der Waals surface area contributed by atoms with E-state index in [1.807, 2.05) is 76.3 Å². The van der Waals surface area contributed by atoms with E-state index >= 15 is 0 Å². The number of hydrogen-bond donors (Lipinski definition) is 1. The van der Waals surface area contributed by atoms with E-state index in [1.165, 1.54) is 5.56 Å². The second kappa shape index (κ2) is 9.82. The third-order valence-corrected chi connectivity index (χ3v) is 7.50. The van der Waals surface area contributed by atoms with Crippen LogP contribution in [-0.4, -0.2) is 79.0 Å². The quantitative estimate of drug-likeness (QED) is 0.458. The molecule has 2 aliphatic rings. The molecule has 0 atom stereocenters. The van der Waals surface area contributed by atoms with Crippen LogP contribution in [0, 0.1) is 0 Å². The number of benzene rings is 1. The van der Waals surface area contributed by atoms with Gasteiger partial charge >= 0.3 is 0 Å². The van der Waals surface area contributed by atoms with E-state index in [0.717, 1.165) is 41.8 Å². The van der Waals surface area contributed by atoms with E-state index in [-0.39, 0.29) is 11.8 Å². The molecule has 4 aromatic rings. The number of aromatic nitrogens is 4. The molecule has 190 valence electrons. The average Bonchev–Trinajstić information content (AvgIpc) is 3.54. The van der Waals surface area contributed by atoms with Gasteiger partial charge in [-0.05, 0) is 36.8 Å². The number of H-pyrrole nitrogens is 1. The molecule has 6 rings (SSSR count). The highest BCUT2D eigenvalue weighted by Crippen LogP contribution is 2.26. The van der Waals surface area contributed by atoms with Gasteiger partial charge < -0.3 is 14.8 Å². The highest BCUT2D eigenvalue weighted by molar-refractivity contribution is 5.98. The number of amides is 2. The molecule has 1 saturated heterocycles. The largest absolute Gasteiger partial charge is 0.351 e. The van der Waals surface area contributed by atoms with Crippen LogP contribution in [0.3, 0.4) is 0 Å². The maximum atomic E-state index is 13.6. The molecule has 9 heteroatoms. The van der Waals surface area contributed by atoms with Gasteiger partial charge in [-0.3, -0.25) is 24.2 Å². The number of hydrogen-bond acceptors (Lipinski definition) is 5. The Morgan fingerprint density at radius 1 is 0.946 bits per heavy atom. The van der Waals surface area contributed by atoms with E-state index in [1.54, 1.807) is 0 Å². The van der Waals surface area contributed by atoms with Gasteiger partial charge in [0.15, 0.2) is 5.69 Å². The Labute approximate surface area is 215 Å². The number of aromatic amines is 1. The lowest BCUT2D eigenvalue weighted by molar-refractivity contribution is 0.0614. The Morgan fingerprint density at radius 2 is 1.73 bits per heavy atom. The molecular formula is C28H31N7O2.